The fourth-order valence-corrected chi connectivity index (χ4v) is 4.42. The van der Waals surface area contributed by atoms with Gasteiger partial charge in [0.1, 0.15) is 6.54 Å². The summed E-state index contributed by atoms with van der Waals surface area (Å²) in [6, 6.07) is 0. The quantitative estimate of drug-likeness (QED) is 0.792. The second-order valence-electron chi connectivity index (χ2n) is 5.73. The number of nitrogens with zero attached hydrogens (tertiary/aromatic N) is 1. The largest absolute Gasteiger partial charge is 0.406 e. The second kappa shape index (κ2) is 5.54. The van der Waals surface area contributed by atoms with Crippen LogP contribution in [0.1, 0.15) is 25.7 Å². The van der Waals surface area contributed by atoms with E-state index in [1.807, 2.05) is 0 Å². The number of alkyl halides is 3. The smallest absolute Gasteiger partial charge is 0.333 e. The number of amides is 1. The Balaban J connectivity index is 2.02. The molecule has 1 atom stereocenters. The predicted octanol–water partition coefficient (Wildman–Crippen LogP) is 1.61. The maximum atomic E-state index is 12.6. The molecule has 116 valence electrons. The molecule has 1 saturated carbocycles. The van der Waals surface area contributed by atoms with E-state index in [4.69, 9.17) is 0 Å². The van der Waals surface area contributed by atoms with Gasteiger partial charge in [0, 0.05) is 6.54 Å². The minimum atomic E-state index is -4.45. The van der Waals surface area contributed by atoms with Gasteiger partial charge in [0.25, 0.3) is 0 Å². The van der Waals surface area contributed by atoms with Crippen molar-refractivity contribution < 1.29 is 26.4 Å². The summed E-state index contributed by atoms with van der Waals surface area (Å²) >= 11 is 0. The summed E-state index contributed by atoms with van der Waals surface area (Å²) in [5, 5.41) is 0. The summed E-state index contributed by atoms with van der Waals surface area (Å²) in [4.78, 5) is 13.0. The first kappa shape index (κ1) is 15.6. The van der Waals surface area contributed by atoms with Crippen LogP contribution in [0.2, 0.25) is 0 Å². The summed E-state index contributed by atoms with van der Waals surface area (Å²) in [5.74, 6) is -1.76. The van der Waals surface area contributed by atoms with Crippen molar-refractivity contribution in [1.82, 2.24) is 4.90 Å². The van der Waals surface area contributed by atoms with Gasteiger partial charge in [-0.25, -0.2) is 8.42 Å². The maximum absolute atomic E-state index is 12.6. The number of rotatable bonds is 4. The molecule has 2 fully saturated rings. The van der Waals surface area contributed by atoms with Crippen molar-refractivity contribution in [3.05, 3.63) is 0 Å². The van der Waals surface area contributed by atoms with Gasteiger partial charge < -0.3 is 4.90 Å². The van der Waals surface area contributed by atoms with Crippen LogP contribution in [0.3, 0.4) is 0 Å². The number of hydrogen-bond donors (Lipinski definition) is 0. The number of carbonyl (C=O) groups is 1. The lowest BCUT2D eigenvalue weighted by Crippen LogP contribution is -2.45. The molecule has 1 aliphatic heterocycles. The van der Waals surface area contributed by atoms with Gasteiger partial charge in [-0.1, -0.05) is 6.42 Å². The van der Waals surface area contributed by atoms with E-state index in [1.165, 1.54) is 0 Å². The van der Waals surface area contributed by atoms with Crippen LogP contribution in [0.15, 0.2) is 0 Å². The van der Waals surface area contributed by atoms with Crippen molar-refractivity contribution in [2.75, 3.05) is 24.6 Å². The average molecular weight is 313 g/mol. The number of carbonyl (C=O) groups excluding carboxylic acids is 1. The van der Waals surface area contributed by atoms with Gasteiger partial charge in [-0.3, -0.25) is 4.79 Å². The Morgan fingerprint density at radius 1 is 1.20 bits per heavy atom. The fraction of sp³-hybridized carbons (Fsp3) is 0.917. The summed E-state index contributed by atoms with van der Waals surface area (Å²) in [6.45, 7) is -1.19. The van der Waals surface area contributed by atoms with Crippen molar-refractivity contribution in [1.29, 1.82) is 0 Å². The highest BCUT2D eigenvalue weighted by Crippen LogP contribution is 2.30. The van der Waals surface area contributed by atoms with Crippen molar-refractivity contribution in [3.63, 3.8) is 0 Å². The van der Waals surface area contributed by atoms with E-state index in [2.05, 4.69) is 0 Å². The minimum absolute atomic E-state index is 0.0922. The maximum Gasteiger partial charge on any atom is 0.406 e. The summed E-state index contributed by atoms with van der Waals surface area (Å²) in [6.07, 6.45) is -1.65. The molecule has 20 heavy (non-hydrogen) atoms. The number of halogens is 3. The molecule has 0 aromatic carbocycles. The van der Waals surface area contributed by atoms with Crippen LogP contribution in [0, 0.1) is 11.8 Å². The van der Waals surface area contributed by atoms with Crippen molar-refractivity contribution in [2.24, 2.45) is 11.8 Å². The summed E-state index contributed by atoms with van der Waals surface area (Å²) in [7, 11) is -3.27. The van der Waals surface area contributed by atoms with Gasteiger partial charge in [-0.2, -0.15) is 13.2 Å². The first-order valence-corrected chi connectivity index (χ1v) is 8.54. The zero-order chi connectivity index (χ0) is 15.0. The molecule has 4 nitrogen and oxygen atoms in total. The molecule has 8 heteroatoms. The van der Waals surface area contributed by atoms with Crippen LogP contribution in [0.5, 0.6) is 0 Å². The molecule has 1 saturated heterocycles. The topological polar surface area (TPSA) is 54.5 Å². The third-order valence-corrected chi connectivity index (χ3v) is 5.73. The van der Waals surface area contributed by atoms with Gasteiger partial charge in [0.05, 0.1) is 17.4 Å². The zero-order valence-corrected chi connectivity index (χ0v) is 11.8. The first-order chi connectivity index (χ1) is 9.16. The lowest BCUT2D eigenvalue weighted by atomic mass is 9.85. The fourth-order valence-electron chi connectivity index (χ4n) is 2.68. The van der Waals surface area contributed by atoms with Crippen molar-refractivity contribution >= 4 is 15.7 Å². The number of sulfone groups is 1. The van der Waals surface area contributed by atoms with E-state index in [9.17, 15) is 26.4 Å². The average Bonchev–Trinajstić information content (AvgIpc) is 2.59. The normalized spacial score (nSPS) is 26.2. The first-order valence-electron chi connectivity index (χ1n) is 6.72. The predicted molar refractivity (Wildman–Crippen MR) is 66.7 cm³/mol. The molecule has 2 rings (SSSR count). The molecule has 0 aromatic rings. The Kier molecular flexibility index (Phi) is 4.32. The third-order valence-electron chi connectivity index (χ3n) is 3.97. The van der Waals surface area contributed by atoms with Crippen LogP contribution >= 0.6 is 0 Å². The molecule has 2 aliphatic rings. The standard InChI is InChI=1S/C12H18F3NO3S/c13-12(14,15)8-16(6-9-2-1-3-9)11(17)10-4-5-20(18,19)7-10/h9-10H,1-8H2/t10-/m1/s1. The van der Waals surface area contributed by atoms with Crippen molar-refractivity contribution in [2.45, 2.75) is 31.9 Å². The van der Waals surface area contributed by atoms with Crippen LogP contribution < -0.4 is 0 Å². The molecule has 0 N–H and O–H groups in total. The van der Waals surface area contributed by atoms with Crippen LogP contribution in [0.25, 0.3) is 0 Å². The van der Waals surface area contributed by atoms with E-state index in [0.29, 0.717) is 0 Å². The van der Waals surface area contributed by atoms with Crippen molar-refractivity contribution in [3.8, 4) is 0 Å². The number of hydrogen-bond acceptors (Lipinski definition) is 3. The Bertz CT molecular complexity index is 471. The highest BCUT2D eigenvalue weighted by molar-refractivity contribution is 7.91. The van der Waals surface area contributed by atoms with Gasteiger partial charge >= 0.3 is 6.18 Å². The van der Waals surface area contributed by atoms with Crippen LogP contribution in [0.4, 0.5) is 13.2 Å². The van der Waals surface area contributed by atoms with E-state index in [0.717, 1.165) is 24.2 Å². The lowest BCUT2D eigenvalue weighted by molar-refractivity contribution is -0.165. The van der Waals surface area contributed by atoms with E-state index < -0.39 is 34.4 Å². The monoisotopic (exact) mass is 313 g/mol. The second-order valence-corrected chi connectivity index (χ2v) is 7.96. The molecule has 0 aromatic heterocycles. The lowest BCUT2D eigenvalue weighted by Gasteiger charge is -2.34. The zero-order valence-electron chi connectivity index (χ0n) is 11.0. The molecule has 1 heterocycles. The van der Waals surface area contributed by atoms with Gasteiger partial charge in [-0.15, -0.1) is 0 Å². The van der Waals surface area contributed by atoms with E-state index in [1.54, 1.807) is 0 Å². The highest BCUT2D eigenvalue weighted by atomic mass is 32.2. The molecule has 0 unspecified atom stereocenters. The Labute approximate surface area is 116 Å². The van der Waals surface area contributed by atoms with Crippen LogP contribution in [-0.2, 0) is 14.6 Å². The highest BCUT2D eigenvalue weighted by Gasteiger charge is 2.40. The minimum Gasteiger partial charge on any atom is -0.333 e. The molecular weight excluding hydrogens is 295 g/mol. The van der Waals surface area contributed by atoms with E-state index in [-0.39, 0.29) is 30.4 Å². The van der Waals surface area contributed by atoms with Gasteiger partial charge in [-0.05, 0) is 25.2 Å². The molecule has 1 amide bonds. The SMILES string of the molecule is O=C([C@@H]1CCS(=O)(=O)C1)N(CC1CCC1)CC(F)(F)F. The van der Waals surface area contributed by atoms with Crippen LogP contribution in [-0.4, -0.2) is 50.0 Å². The van der Waals surface area contributed by atoms with E-state index >= 15 is 0 Å². The Morgan fingerprint density at radius 2 is 1.85 bits per heavy atom. The summed E-state index contributed by atoms with van der Waals surface area (Å²) < 4.78 is 60.4. The van der Waals surface area contributed by atoms with Gasteiger partial charge in [0.15, 0.2) is 9.84 Å². The molecule has 0 bridgehead atoms. The summed E-state index contributed by atoms with van der Waals surface area (Å²) in [5.41, 5.74) is 0. The Morgan fingerprint density at radius 3 is 2.25 bits per heavy atom. The molecule has 0 spiro atoms. The molecule has 1 aliphatic carbocycles. The molecule has 0 radical (unpaired) electrons. The van der Waals surface area contributed by atoms with Gasteiger partial charge in [0.2, 0.25) is 5.91 Å². The third kappa shape index (κ3) is 4.10. The Hall–Kier alpha value is -0.790. The molecular formula is C12H18F3NO3S.